The second kappa shape index (κ2) is 11.7. The SMILES string of the molecule is CCOC(=O)c1c(NC(=O)[C@@H]2[C@@H](C(=O)O)[C@H]3CC[C@H]2O3)sc2c1CCCCCCCCCCC2. The van der Waals surface area contributed by atoms with Gasteiger partial charge in [-0.2, -0.15) is 0 Å². The van der Waals surface area contributed by atoms with Crippen LogP contribution in [-0.2, 0) is 31.9 Å². The highest BCUT2D eigenvalue weighted by Gasteiger charge is 2.55. The summed E-state index contributed by atoms with van der Waals surface area (Å²) in [4.78, 5) is 39.4. The summed E-state index contributed by atoms with van der Waals surface area (Å²) >= 11 is 1.47. The van der Waals surface area contributed by atoms with Gasteiger partial charge in [0.2, 0.25) is 5.91 Å². The molecule has 0 saturated carbocycles. The number of aryl methyl sites for hydroxylation is 1. The third-order valence-corrected chi connectivity index (χ3v) is 8.71. The van der Waals surface area contributed by atoms with Gasteiger partial charge >= 0.3 is 11.9 Å². The van der Waals surface area contributed by atoms with Crippen LogP contribution in [0.2, 0.25) is 0 Å². The van der Waals surface area contributed by atoms with Gasteiger partial charge in [0.25, 0.3) is 0 Å². The predicted octanol–water partition coefficient (Wildman–Crippen LogP) is 5.35. The summed E-state index contributed by atoms with van der Waals surface area (Å²) in [6.45, 7) is 2.04. The number of esters is 1. The number of anilines is 1. The largest absolute Gasteiger partial charge is 0.481 e. The maximum absolute atomic E-state index is 13.3. The molecule has 2 N–H and O–H groups in total. The van der Waals surface area contributed by atoms with Crippen molar-refractivity contribution in [1.29, 1.82) is 0 Å². The Bertz CT molecular complexity index is 896. The molecule has 0 spiro atoms. The third kappa shape index (κ3) is 5.48. The maximum atomic E-state index is 13.3. The Hall–Kier alpha value is -1.93. The Balaban J connectivity index is 1.61. The molecule has 1 aromatic heterocycles. The molecule has 1 aliphatic carbocycles. The number of fused-ring (bicyclic) bond motifs is 3. The van der Waals surface area contributed by atoms with E-state index in [1.54, 1.807) is 6.92 Å². The minimum atomic E-state index is -0.994. The summed E-state index contributed by atoms with van der Waals surface area (Å²) in [6.07, 6.45) is 12.9. The molecule has 2 fully saturated rings. The molecular weight excluding hydrogens is 454 g/mol. The molecule has 4 atom stereocenters. The number of thiophene rings is 1. The number of carboxylic acid groups (broad SMARTS) is 1. The predicted molar refractivity (Wildman–Crippen MR) is 130 cm³/mol. The zero-order chi connectivity index (χ0) is 24.1. The number of hydrogen-bond acceptors (Lipinski definition) is 6. The van der Waals surface area contributed by atoms with E-state index in [0.717, 1.165) is 49.0 Å². The number of hydrogen-bond donors (Lipinski definition) is 2. The first-order chi connectivity index (χ1) is 16.5. The molecule has 3 aliphatic rings. The van der Waals surface area contributed by atoms with Crippen LogP contribution in [0, 0.1) is 11.8 Å². The molecule has 1 amide bonds. The lowest BCUT2D eigenvalue weighted by molar-refractivity contribution is -0.147. The van der Waals surface area contributed by atoms with Crippen molar-refractivity contribution in [3.8, 4) is 0 Å². The average molecular weight is 492 g/mol. The fourth-order valence-corrected chi connectivity index (χ4v) is 7.11. The van der Waals surface area contributed by atoms with Crippen LogP contribution in [0.15, 0.2) is 0 Å². The molecule has 8 heteroatoms. The molecule has 0 radical (unpaired) electrons. The maximum Gasteiger partial charge on any atom is 0.341 e. The number of nitrogens with one attached hydrogen (secondary N) is 1. The minimum absolute atomic E-state index is 0.262. The van der Waals surface area contributed by atoms with Gasteiger partial charge in [-0.05, 0) is 51.0 Å². The lowest BCUT2D eigenvalue weighted by atomic mass is 9.78. The first kappa shape index (κ1) is 25.2. The topological polar surface area (TPSA) is 102 Å². The quantitative estimate of drug-likeness (QED) is 0.538. The van der Waals surface area contributed by atoms with Crippen LogP contribution in [0.25, 0.3) is 0 Å². The van der Waals surface area contributed by atoms with E-state index in [4.69, 9.17) is 9.47 Å². The number of rotatable bonds is 5. The summed E-state index contributed by atoms with van der Waals surface area (Å²) < 4.78 is 11.2. The van der Waals surface area contributed by atoms with Crippen molar-refractivity contribution >= 4 is 34.2 Å². The molecule has 7 nitrogen and oxygen atoms in total. The molecule has 2 saturated heterocycles. The van der Waals surface area contributed by atoms with Gasteiger partial charge in [-0.25, -0.2) is 4.79 Å². The Morgan fingerprint density at radius 2 is 1.53 bits per heavy atom. The molecule has 2 aliphatic heterocycles. The van der Waals surface area contributed by atoms with Crippen LogP contribution in [0.1, 0.15) is 98.4 Å². The first-order valence-electron chi connectivity index (χ1n) is 13.0. The lowest BCUT2D eigenvalue weighted by Crippen LogP contribution is -2.41. The highest BCUT2D eigenvalue weighted by Crippen LogP contribution is 2.45. The monoisotopic (exact) mass is 491 g/mol. The van der Waals surface area contributed by atoms with Crippen molar-refractivity contribution in [2.24, 2.45) is 11.8 Å². The van der Waals surface area contributed by atoms with Gasteiger partial charge in [0.1, 0.15) is 5.00 Å². The normalized spacial score (nSPS) is 27.7. The van der Waals surface area contributed by atoms with Gasteiger partial charge in [0.15, 0.2) is 0 Å². The van der Waals surface area contributed by atoms with E-state index >= 15 is 0 Å². The molecule has 0 unspecified atom stereocenters. The third-order valence-electron chi connectivity index (χ3n) is 7.50. The number of carbonyl (C=O) groups is 3. The van der Waals surface area contributed by atoms with E-state index in [1.165, 1.54) is 43.4 Å². The number of ether oxygens (including phenoxy) is 2. The van der Waals surface area contributed by atoms with Gasteiger partial charge in [-0.15, -0.1) is 11.3 Å². The second-order valence-corrected chi connectivity index (χ2v) is 10.9. The average Bonchev–Trinajstić information content (AvgIpc) is 3.50. The summed E-state index contributed by atoms with van der Waals surface area (Å²) in [7, 11) is 0. The first-order valence-corrected chi connectivity index (χ1v) is 13.8. The zero-order valence-electron chi connectivity index (χ0n) is 20.1. The lowest BCUT2D eigenvalue weighted by Gasteiger charge is -2.23. The van der Waals surface area contributed by atoms with Crippen molar-refractivity contribution in [3.05, 3.63) is 16.0 Å². The van der Waals surface area contributed by atoms with Crippen LogP contribution in [0.3, 0.4) is 0 Å². The molecule has 2 bridgehead atoms. The van der Waals surface area contributed by atoms with Crippen molar-refractivity contribution < 1.29 is 29.0 Å². The van der Waals surface area contributed by atoms with E-state index in [2.05, 4.69) is 5.32 Å². The van der Waals surface area contributed by atoms with Gasteiger partial charge in [-0.1, -0.05) is 44.9 Å². The number of carbonyl (C=O) groups excluding carboxylic acids is 2. The van der Waals surface area contributed by atoms with Crippen LogP contribution in [-0.4, -0.2) is 41.8 Å². The molecule has 1 aromatic rings. The van der Waals surface area contributed by atoms with Crippen molar-refractivity contribution in [3.63, 3.8) is 0 Å². The van der Waals surface area contributed by atoms with Crippen molar-refractivity contribution in [2.75, 3.05) is 11.9 Å². The molecule has 0 aromatic carbocycles. The Morgan fingerprint density at radius 1 is 0.941 bits per heavy atom. The standard InChI is InChI=1S/C26H37NO6S/c1-2-32-26(31)20-16-12-10-8-6-4-3-5-7-9-11-13-19(16)34-24(20)27-23(28)21-17-14-15-18(33-17)22(21)25(29)30/h17-18,21-22H,2-15H2,1H3,(H,27,28)(H,29,30)/t17-,18-,21+,22+/m1/s1. The highest BCUT2D eigenvalue weighted by molar-refractivity contribution is 7.17. The van der Waals surface area contributed by atoms with Gasteiger partial charge in [-0.3, -0.25) is 9.59 Å². The minimum Gasteiger partial charge on any atom is -0.481 e. The van der Waals surface area contributed by atoms with E-state index in [1.807, 2.05) is 0 Å². The summed E-state index contributed by atoms with van der Waals surface area (Å²) in [5, 5.41) is 13.2. The summed E-state index contributed by atoms with van der Waals surface area (Å²) in [5.41, 5.74) is 1.48. The zero-order valence-corrected chi connectivity index (χ0v) is 20.9. The molecule has 188 valence electrons. The van der Waals surface area contributed by atoms with E-state index < -0.39 is 29.9 Å². The van der Waals surface area contributed by atoms with E-state index in [0.29, 0.717) is 23.4 Å². The number of carboxylic acids is 1. The molecule has 34 heavy (non-hydrogen) atoms. The van der Waals surface area contributed by atoms with Crippen LogP contribution < -0.4 is 5.32 Å². The van der Waals surface area contributed by atoms with Gasteiger partial charge in [0, 0.05) is 4.88 Å². The number of aliphatic carboxylic acids is 1. The summed E-state index contributed by atoms with van der Waals surface area (Å²) in [5.74, 6) is -3.34. The second-order valence-electron chi connectivity index (χ2n) is 9.78. The smallest absolute Gasteiger partial charge is 0.341 e. The molecule has 3 heterocycles. The number of amides is 1. The van der Waals surface area contributed by atoms with Gasteiger partial charge < -0.3 is 19.9 Å². The Labute approximate surface area is 205 Å². The Kier molecular flexibility index (Phi) is 8.64. The summed E-state index contributed by atoms with van der Waals surface area (Å²) in [6, 6.07) is 0. The fourth-order valence-electron chi connectivity index (χ4n) is 5.83. The molecule has 4 rings (SSSR count). The van der Waals surface area contributed by atoms with E-state index in [9.17, 15) is 19.5 Å². The van der Waals surface area contributed by atoms with E-state index in [-0.39, 0.29) is 18.6 Å². The highest BCUT2D eigenvalue weighted by atomic mass is 32.1. The fraction of sp³-hybridized carbons (Fsp3) is 0.731. The van der Waals surface area contributed by atoms with Crippen molar-refractivity contribution in [2.45, 2.75) is 103 Å². The molecular formula is C26H37NO6S. The van der Waals surface area contributed by atoms with Crippen LogP contribution in [0.5, 0.6) is 0 Å². The van der Waals surface area contributed by atoms with Crippen LogP contribution in [0.4, 0.5) is 5.00 Å². The van der Waals surface area contributed by atoms with Gasteiger partial charge in [0.05, 0.1) is 36.2 Å². The van der Waals surface area contributed by atoms with Crippen LogP contribution >= 0.6 is 11.3 Å². The van der Waals surface area contributed by atoms with Crippen molar-refractivity contribution in [1.82, 2.24) is 0 Å². The Morgan fingerprint density at radius 3 is 2.15 bits per heavy atom.